The van der Waals surface area contributed by atoms with Crippen LogP contribution in [-0.2, 0) is 6.54 Å². The lowest BCUT2D eigenvalue weighted by Crippen LogP contribution is -2.35. The quantitative estimate of drug-likeness (QED) is 0.646. The lowest BCUT2D eigenvalue weighted by molar-refractivity contribution is 0.200. The topological polar surface area (TPSA) is 70.6 Å². The molecule has 126 valence electrons. The summed E-state index contributed by atoms with van der Waals surface area (Å²) in [6.07, 6.45) is 8.13. The molecule has 0 unspecified atom stereocenters. The Kier molecular flexibility index (Phi) is 7.46. The number of amides is 2. The van der Waals surface area contributed by atoms with Crippen molar-refractivity contribution in [1.82, 2.24) is 10.6 Å². The molecule has 23 heavy (non-hydrogen) atoms. The molecule has 0 radical (unpaired) electrons. The fourth-order valence-electron chi connectivity index (χ4n) is 2.65. The predicted octanol–water partition coefficient (Wildman–Crippen LogP) is 2.75. The van der Waals surface area contributed by atoms with Crippen LogP contribution in [0.5, 0.6) is 5.75 Å². The monoisotopic (exact) mass is 318 g/mol. The third kappa shape index (κ3) is 6.32. The molecule has 5 nitrogen and oxygen atoms in total. The van der Waals surface area contributed by atoms with E-state index in [1.165, 1.54) is 31.3 Å². The molecule has 0 saturated heterocycles. The second kappa shape index (κ2) is 9.90. The van der Waals surface area contributed by atoms with E-state index in [1.807, 2.05) is 24.3 Å². The highest BCUT2D eigenvalue weighted by atomic mass is 16.5. The van der Waals surface area contributed by atoms with E-state index in [0.29, 0.717) is 18.8 Å². The van der Waals surface area contributed by atoms with Crippen LogP contribution in [0.1, 0.15) is 37.7 Å². The number of nitrogens with one attached hydrogen (secondary N) is 2. The molecule has 1 aliphatic carbocycles. The van der Waals surface area contributed by atoms with Crippen LogP contribution in [0.25, 0.3) is 0 Å². The van der Waals surface area contributed by atoms with Gasteiger partial charge in [-0.15, -0.1) is 0 Å². The van der Waals surface area contributed by atoms with E-state index in [0.717, 1.165) is 12.0 Å². The zero-order valence-corrected chi connectivity index (χ0v) is 13.5. The first kappa shape index (κ1) is 17.3. The van der Waals surface area contributed by atoms with Gasteiger partial charge in [-0.1, -0.05) is 29.8 Å². The normalized spacial score (nSPS) is 14.0. The Bertz CT molecular complexity index is 529. The summed E-state index contributed by atoms with van der Waals surface area (Å²) >= 11 is 0. The molecule has 0 spiro atoms. The van der Waals surface area contributed by atoms with Gasteiger partial charge in [-0.2, -0.15) is 0 Å². The maximum absolute atomic E-state index is 11.9. The number of allylic oxidation sites excluding steroid dienone is 1. The number of hydrogen-bond donors (Lipinski definition) is 3. The largest absolute Gasteiger partial charge is 0.491 e. The first-order chi connectivity index (χ1) is 11.3. The summed E-state index contributed by atoms with van der Waals surface area (Å²) in [5.74, 6) is 0.689. The van der Waals surface area contributed by atoms with Gasteiger partial charge in [0.1, 0.15) is 12.4 Å². The van der Waals surface area contributed by atoms with Gasteiger partial charge in [-0.25, -0.2) is 4.79 Å². The van der Waals surface area contributed by atoms with E-state index in [-0.39, 0.29) is 19.2 Å². The lowest BCUT2D eigenvalue weighted by Gasteiger charge is -2.14. The number of aliphatic hydroxyl groups is 1. The zero-order valence-electron chi connectivity index (χ0n) is 13.5. The molecule has 1 aliphatic rings. The average molecular weight is 318 g/mol. The molecular weight excluding hydrogens is 292 g/mol. The van der Waals surface area contributed by atoms with Crippen LogP contribution in [-0.4, -0.2) is 30.9 Å². The summed E-state index contributed by atoms with van der Waals surface area (Å²) in [6, 6.07) is 7.34. The number of para-hydroxylation sites is 1. The molecule has 0 aromatic heterocycles. The van der Waals surface area contributed by atoms with Gasteiger partial charge >= 0.3 is 6.03 Å². The van der Waals surface area contributed by atoms with Gasteiger partial charge in [0.25, 0.3) is 0 Å². The lowest BCUT2D eigenvalue weighted by atomic mass is 9.97. The van der Waals surface area contributed by atoms with Crippen LogP contribution in [0.3, 0.4) is 0 Å². The van der Waals surface area contributed by atoms with Gasteiger partial charge in [0, 0.05) is 18.7 Å². The molecule has 1 aromatic rings. The Morgan fingerprint density at radius 2 is 2.09 bits per heavy atom. The molecule has 2 amide bonds. The predicted molar refractivity (Wildman–Crippen MR) is 90.4 cm³/mol. The Labute approximate surface area is 137 Å². The molecule has 2 rings (SSSR count). The minimum absolute atomic E-state index is 0.0297. The van der Waals surface area contributed by atoms with Crippen LogP contribution < -0.4 is 15.4 Å². The summed E-state index contributed by atoms with van der Waals surface area (Å²) in [6.45, 7) is 1.28. The van der Waals surface area contributed by atoms with Crippen LogP contribution in [0.15, 0.2) is 35.9 Å². The average Bonchev–Trinajstić information content (AvgIpc) is 2.60. The van der Waals surface area contributed by atoms with Crippen molar-refractivity contribution in [3.63, 3.8) is 0 Å². The van der Waals surface area contributed by atoms with Crippen LogP contribution in [0.4, 0.5) is 4.79 Å². The second-order valence-corrected chi connectivity index (χ2v) is 5.65. The molecule has 5 heteroatoms. The first-order valence-electron chi connectivity index (χ1n) is 8.31. The molecule has 1 aromatic carbocycles. The van der Waals surface area contributed by atoms with Gasteiger partial charge in [0.05, 0.1) is 6.61 Å². The number of ether oxygens (including phenoxy) is 1. The number of carbonyl (C=O) groups excluding carboxylic acids is 1. The summed E-state index contributed by atoms with van der Waals surface area (Å²) < 4.78 is 5.45. The van der Waals surface area contributed by atoms with Crippen molar-refractivity contribution in [2.75, 3.05) is 19.8 Å². The van der Waals surface area contributed by atoms with Crippen LogP contribution >= 0.6 is 0 Å². The molecular formula is C18H26N2O3. The third-order valence-corrected chi connectivity index (χ3v) is 3.88. The molecule has 0 atom stereocenters. The highest BCUT2D eigenvalue weighted by Crippen LogP contribution is 2.19. The van der Waals surface area contributed by atoms with Crippen molar-refractivity contribution in [1.29, 1.82) is 0 Å². The second-order valence-electron chi connectivity index (χ2n) is 5.65. The molecule has 0 fully saturated rings. The van der Waals surface area contributed by atoms with Gasteiger partial charge in [0.2, 0.25) is 0 Å². The highest BCUT2D eigenvalue weighted by molar-refractivity contribution is 5.73. The van der Waals surface area contributed by atoms with E-state index in [4.69, 9.17) is 9.84 Å². The van der Waals surface area contributed by atoms with E-state index >= 15 is 0 Å². The molecule has 3 N–H and O–H groups in total. The van der Waals surface area contributed by atoms with Crippen molar-refractivity contribution < 1.29 is 14.6 Å². The molecule has 0 saturated carbocycles. The van der Waals surface area contributed by atoms with E-state index < -0.39 is 0 Å². The number of hydrogen-bond acceptors (Lipinski definition) is 3. The maximum Gasteiger partial charge on any atom is 0.315 e. The maximum atomic E-state index is 11.9. The molecule has 0 heterocycles. The van der Waals surface area contributed by atoms with Crippen molar-refractivity contribution in [3.05, 3.63) is 41.5 Å². The highest BCUT2D eigenvalue weighted by Gasteiger charge is 2.07. The Morgan fingerprint density at radius 3 is 2.87 bits per heavy atom. The van der Waals surface area contributed by atoms with Crippen molar-refractivity contribution in [3.8, 4) is 5.75 Å². The summed E-state index contributed by atoms with van der Waals surface area (Å²) in [5, 5.41) is 14.6. The molecule has 0 bridgehead atoms. The standard InChI is InChI=1S/C18H26N2O3/c21-12-13-23-17-9-5-4-8-16(17)14-20-18(22)19-11-10-15-6-2-1-3-7-15/h4-6,8-9,21H,1-3,7,10-14H2,(H2,19,20,22). The van der Waals surface area contributed by atoms with Gasteiger partial charge in [0.15, 0.2) is 0 Å². The minimum atomic E-state index is -0.168. The summed E-state index contributed by atoms with van der Waals surface area (Å²) in [4.78, 5) is 11.9. The van der Waals surface area contributed by atoms with Crippen molar-refractivity contribution in [2.24, 2.45) is 0 Å². The Balaban J connectivity index is 1.70. The number of carbonyl (C=O) groups is 1. The first-order valence-corrected chi connectivity index (χ1v) is 8.31. The van der Waals surface area contributed by atoms with E-state index in [2.05, 4.69) is 16.7 Å². The molecule has 0 aliphatic heterocycles. The van der Waals surface area contributed by atoms with E-state index in [9.17, 15) is 4.79 Å². The fourth-order valence-corrected chi connectivity index (χ4v) is 2.65. The van der Waals surface area contributed by atoms with Gasteiger partial charge in [-0.3, -0.25) is 0 Å². The van der Waals surface area contributed by atoms with Crippen molar-refractivity contribution in [2.45, 2.75) is 38.6 Å². The smallest absolute Gasteiger partial charge is 0.315 e. The zero-order chi connectivity index (χ0) is 16.3. The minimum Gasteiger partial charge on any atom is -0.491 e. The van der Waals surface area contributed by atoms with Crippen LogP contribution in [0, 0.1) is 0 Å². The number of aliphatic hydroxyl groups excluding tert-OH is 1. The SMILES string of the molecule is O=C(NCCC1=CCCCC1)NCc1ccccc1OCCO. The van der Waals surface area contributed by atoms with Crippen molar-refractivity contribution >= 4 is 6.03 Å². The fraction of sp³-hybridized carbons (Fsp3) is 0.500. The van der Waals surface area contributed by atoms with Crippen LogP contribution in [0.2, 0.25) is 0 Å². The summed E-state index contributed by atoms with van der Waals surface area (Å²) in [5.41, 5.74) is 2.35. The Morgan fingerprint density at radius 1 is 1.22 bits per heavy atom. The third-order valence-electron chi connectivity index (χ3n) is 3.88. The number of benzene rings is 1. The Hall–Kier alpha value is -2.01. The number of urea groups is 1. The van der Waals surface area contributed by atoms with Gasteiger partial charge in [-0.05, 0) is 38.2 Å². The number of rotatable bonds is 8. The summed E-state index contributed by atoms with van der Waals surface area (Å²) in [7, 11) is 0. The van der Waals surface area contributed by atoms with E-state index in [1.54, 1.807) is 0 Å². The van der Waals surface area contributed by atoms with Gasteiger partial charge < -0.3 is 20.5 Å².